The van der Waals surface area contributed by atoms with Gasteiger partial charge in [0.05, 0.1) is 0 Å². The van der Waals surface area contributed by atoms with Crippen LogP contribution in [0.25, 0.3) is 5.78 Å². The summed E-state index contributed by atoms with van der Waals surface area (Å²) in [4.78, 5) is 15.4. The molecule has 0 aromatic carbocycles. The third-order valence-corrected chi connectivity index (χ3v) is 2.39. The first-order chi connectivity index (χ1) is 7.92. The van der Waals surface area contributed by atoms with Crippen molar-refractivity contribution in [3.63, 3.8) is 0 Å². The number of hydrogen-bond donors (Lipinski definition) is 1. The molecule has 16 heavy (non-hydrogen) atoms. The first kappa shape index (κ1) is 9.02. The predicted octanol–water partition coefficient (Wildman–Crippen LogP) is 0.633. The van der Waals surface area contributed by atoms with E-state index in [0.29, 0.717) is 5.78 Å². The predicted molar refractivity (Wildman–Crippen MR) is 56.8 cm³/mol. The molecule has 80 valence electrons. The molecule has 6 nitrogen and oxygen atoms in total. The van der Waals surface area contributed by atoms with E-state index in [2.05, 4.69) is 25.0 Å². The van der Waals surface area contributed by atoms with Gasteiger partial charge < -0.3 is 4.98 Å². The van der Waals surface area contributed by atoms with Crippen LogP contribution < -0.4 is 0 Å². The zero-order valence-electron chi connectivity index (χ0n) is 8.54. The van der Waals surface area contributed by atoms with Crippen LogP contribution in [-0.2, 0) is 12.8 Å². The van der Waals surface area contributed by atoms with E-state index in [-0.39, 0.29) is 0 Å². The normalized spacial score (nSPS) is 11.0. The maximum Gasteiger partial charge on any atom is 0.252 e. The fraction of sp³-hybridized carbons (Fsp3) is 0.200. The van der Waals surface area contributed by atoms with E-state index in [9.17, 15) is 0 Å². The number of aromatic amines is 1. The molecule has 3 aromatic rings. The third kappa shape index (κ3) is 1.65. The van der Waals surface area contributed by atoms with E-state index in [0.717, 1.165) is 24.2 Å². The number of imidazole rings is 1. The summed E-state index contributed by atoms with van der Waals surface area (Å²) >= 11 is 0. The van der Waals surface area contributed by atoms with E-state index < -0.39 is 0 Å². The quantitative estimate of drug-likeness (QED) is 0.694. The molecule has 0 atom stereocenters. The van der Waals surface area contributed by atoms with Crippen LogP contribution in [0.5, 0.6) is 0 Å². The number of fused-ring (bicyclic) bond motifs is 1. The Kier molecular flexibility index (Phi) is 2.10. The van der Waals surface area contributed by atoms with Gasteiger partial charge in [-0.2, -0.15) is 10.1 Å². The van der Waals surface area contributed by atoms with Crippen LogP contribution in [0.2, 0.25) is 0 Å². The Morgan fingerprint density at radius 2 is 2.19 bits per heavy atom. The molecule has 3 rings (SSSR count). The lowest BCUT2D eigenvalue weighted by atomic mass is 10.2. The number of nitrogens with zero attached hydrogens (tertiary/aromatic N) is 5. The number of aryl methyl sites for hydroxylation is 2. The highest BCUT2D eigenvalue weighted by Gasteiger charge is 2.01. The minimum Gasteiger partial charge on any atom is -0.349 e. The zero-order chi connectivity index (χ0) is 10.8. The van der Waals surface area contributed by atoms with Gasteiger partial charge in [-0.3, -0.25) is 0 Å². The van der Waals surface area contributed by atoms with Crippen molar-refractivity contribution in [2.24, 2.45) is 0 Å². The topological polar surface area (TPSA) is 71.8 Å². The van der Waals surface area contributed by atoms with Gasteiger partial charge in [-0.1, -0.05) is 0 Å². The minimum absolute atomic E-state index is 0.627. The van der Waals surface area contributed by atoms with Gasteiger partial charge in [0.15, 0.2) is 0 Å². The molecule has 3 heterocycles. The second-order valence-corrected chi connectivity index (χ2v) is 3.50. The maximum atomic E-state index is 4.20. The van der Waals surface area contributed by atoms with Crippen molar-refractivity contribution < 1.29 is 0 Å². The molecule has 0 bridgehead atoms. The zero-order valence-corrected chi connectivity index (χ0v) is 8.54. The summed E-state index contributed by atoms with van der Waals surface area (Å²) < 4.78 is 1.68. The lowest BCUT2D eigenvalue weighted by Crippen LogP contribution is -1.98. The largest absolute Gasteiger partial charge is 0.349 e. The summed E-state index contributed by atoms with van der Waals surface area (Å²) in [6.07, 6.45) is 10.6. The molecular formula is C10H10N6. The Labute approximate surface area is 91.4 Å². The molecule has 0 aliphatic carbocycles. The summed E-state index contributed by atoms with van der Waals surface area (Å²) in [5.74, 6) is 1.61. The van der Waals surface area contributed by atoms with Crippen LogP contribution in [0.4, 0.5) is 0 Å². The highest BCUT2D eigenvalue weighted by molar-refractivity contribution is 5.25. The Hall–Kier alpha value is -2.24. The SMILES string of the molecule is c1c[nH]c(CCc2cnc3ncnn3c2)n1. The van der Waals surface area contributed by atoms with Crippen molar-refractivity contribution in [2.75, 3.05) is 0 Å². The molecule has 0 spiro atoms. The summed E-state index contributed by atoms with van der Waals surface area (Å²) in [6, 6.07) is 0. The van der Waals surface area contributed by atoms with Crippen molar-refractivity contribution in [1.29, 1.82) is 0 Å². The van der Waals surface area contributed by atoms with Crippen molar-refractivity contribution >= 4 is 5.78 Å². The Balaban J connectivity index is 1.78. The van der Waals surface area contributed by atoms with Crippen LogP contribution in [0.3, 0.4) is 0 Å². The Morgan fingerprint density at radius 1 is 1.19 bits per heavy atom. The number of hydrogen-bond acceptors (Lipinski definition) is 4. The molecule has 0 radical (unpaired) electrons. The first-order valence-corrected chi connectivity index (χ1v) is 5.04. The smallest absolute Gasteiger partial charge is 0.252 e. The van der Waals surface area contributed by atoms with E-state index >= 15 is 0 Å². The average molecular weight is 214 g/mol. The standard InChI is InChI=1S/C10H10N6/c1(2-9-11-3-4-12-9)8-5-13-10-14-7-15-16(10)6-8/h3-7H,1-2H2,(H,11,12). The number of aromatic nitrogens is 6. The number of H-pyrrole nitrogens is 1. The van der Waals surface area contributed by atoms with Crippen molar-refractivity contribution in [3.05, 3.63) is 42.5 Å². The Bertz CT molecular complexity index is 582. The molecule has 0 aliphatic rings. The fourth-order valence-corrected chi connectivity index (χ4v) is 1.59. The van der Waals surface area contributed by atoms with Gasteiger partial charge in [0.2, 0.25) is 0 Å². The molecule has 0 unspecified atom stereocenters. The first-order valence-electron chi connectivity index (χ1n) is 5.04. The van der Waals surface area contributed by atoms with Crippen molar-refractivity contribution in [2.45, 2.75) is 12.8 Å². The molecule has 0 saturated carbocycles. The third-order valence-electron chi connectivity index (χ3n) is 2.39. The average Bonchev–Trinajstić information content (AvgIpc) is 2.97. The van der Waals surface area contributed by atoms with E-state index in [4.69, 9.17) is 0 Å². The molecule has 0 amide bonds. The summed E-state index contributed by atoms with van der Waals surface area (Å²) in [5, 5.41) is 4.04. The maximum absolute atomic E-state index is 4.20. The molecule has 0 aliphatic heterocycles. The van der Waals surface area contributed by atoms with Crippen LogP contribution in [0, 0.1) is 0 Å². The van der Waals surface area contributed by atoms with Gasteiger partial charge in [0.1, 0.15) is 12.2 Å². The molecule has 0 fully saturated rings. The van der Waals surface area contributed by atoms with Crippen LogP contribution >= 0.6 is 0 Å². The summed E-state index contributed by atoms with van der Waals surface area (Å²) in [7, 11) is 0. The van der Waals surface area contributed by atoms with Crippen LogP contribution in [-0.4, -0.2) is 29.5 Å². The van der Waals surface area contributed by atoms with Crippen molar-refractivity contribution in [1.82, 2.24) is 29.5 Å². The second kappa shape index (κ2) is 3.73. The number of rotatable bonds is 3. The van der Waals surface area contributed by atoms with Crippen LogP contribution in [0.1, 0.15) is 11.4 Å². The molecular weight excluding hydrogens is 204 g/mol. The molecule has 0 saturated heterocycles. The van der Waals surface area contributed by atoms with E-state index in [1.54, 1.807) is 10.7 Å². The van der Waals surface area contributed by atoms with Gasteiger partial charge in [-0.15, -0.1) is 0 Å². The Morgan fingerprint density at radius 3 is 3.06 bits per heavy atom. The summed E-state index contributed by atoms with van der Waals surface area (Å²) in [5.41, 5.74) is 1.12. The molecule has 6 heteroatoms. The lowest BCUT2D eigenvalue weighted by molar-refractivity contribution is 0.848. The van der Waals surface area contributed by atoms with E-state index in [1.807, 2.05) is 18.6 Å². The van der Waals surface area contributed by atoms with Gasteiger partial charge in [0.25, 0.3) is 5.78 Å². The van der Waals surface area contributed by atoms with Gasteiger partial charge in [-0.25, -0.2) is 14.5 Å². The fourth-order valence-electron chi connectivity index (χ4n) is 1.59. The second-order valence-electron chi connectivity index (χ2n) is 3.50. The molecule has 1 N–H and O–H groups in total. The highest BCUT2D eigenvalue weighted by Crippen LogP contribution is 2.03. The van der Waals surface area contributed by atoms with Crippen molar-refractivity contribution in [3.8, 4) is 0 Å². The monoisotopic (exact) mass is 214 g/mol. The summed E-state index contributed by atoms with van der Waals surface area (Å²) in [6.45, 7) is 0. The van der Waals surface area contributed by atoms with Crippen LogP contribution in [0.15, 0.2) is 31.1 Å². The lowest BCUT2D eigenvalue weighted by Gasteiger charge is -1.99. The highest BCUT2D eigenvalue weighted by atomic mass is 15.3. The molecule has 3 aromatic heterocycles. The van der Waals surface area contributed by atoms with E-state index in [1.165, 1.54) is 6.33 Å². The van der Waals surface area contributed by atoms with Gasteiger partial charge in [0, 0.05) is 31.2 Å². The minimum atomic E-state index is 0.627. The number of nitrogens with one attached hydrogen (secondary N) is 1. The van der Waals surface area contributed by atoms with Gasteiger partial charge in [-0.05, 0) is 12.0 Å². The van der Waals surface area contributed by atoms with Gasteiger partial charge >= 0.3 is 0 Å².